The second-order valence-electron chi connectivity index (χ2n) is 6.11. The summed E-state index contributed by atoms with van der Waals surface area (Å²) in [6, 6.07) is 8.05. The lowest BCUT2D eigenvalue weighted by Gasteiger charge is -2.20. The van der Waals surface area contributed by atoms with Gasteiger partial charge in [0.2, 0.25) is 5.91 Å². The van der Waals surface area contributed by atoms with Crippen LogP contribution in [-0.2, 0) is 22.7 Å². The maximum absolute atomic E-state index is 11.8. The van der Waals surface area contributed by atoms with Gasteiger partial charge in [0.1, 0.15) is 0 Å². The largest absolute Gasteiger partial charge is 0.377 e. The molecule has 0 aliphatic heterocycles. The highest BCUT2D eigenvalue weighted by molar-refractivity contribution is 5.76. The number of rotatable bonds is 8. The van der Waals surface area contributed by atoms with Crippen molar-refractivity contribution in [3.63, 3.8) is 0 Å². The molecule has 0 aliphatic carbocycles. The Bertz CT molecular complexity index is 439. The van der Waals surface area contributed by atoms with E-state index in [9.17, 15) is 4.79 Å². The molecule has 0 saturated carbocycles. The highest BCUT2D eigenvalue weighted by Crippen LogP contribution is 2.10. The van der Waals surface area contributed by atoms with Crippen LogP contribution >= 0.6 is 0 Å². The first-order valence-electron chi connectivity index (χ1n) is 7.58. The fourth-order valence-electron chi connectivity index (χ4n) is 1.92. The summed E-state index contributed by atoms with van der Waals surface area (Å²) < 4.78 is 5.45. The normalized spacial score (nSPS) is 11.4. The van der Waals surface area contributed by atoms with Gasteiger partial charge in [0, 0.05) is 31.7 Å². The quantitative estimate of drug-likeness (QED) is 0.774. The molecule has 0 aromatic heterocycles. The predicted molar refractivity (Wildman–Crippen MR) is 86.0 cm³/mol. The standard InChI is InChI=1S/C17H28N2O2/c1-5-21-13-15-9-7-6-8-14(15)12-18-16(20)10-11-19-17(2,3)4/h6-9,19H,5,10-13H2,1-4H3,(H,18,20). The number of amides is 1. The van der Waals surface area contributed by atoms with Gasteiger partial charge in [-0.15, -0.1) is 0 Å². The Morgan fingerprint density at radius 2 is 1.86 bits per heavy atom. The van der Waals surface area contributed by atoms with Crippen molar-refractivity contribution >= 4 is 5.91 Å². The van der Waals surface area contributed by atoms with Crippen molar-refractivity contribution in [1.82, 2.24) is 10.6 Å². The van der Waals surface area contributed by atoms with Crippen molar-refractivity contribution in [3.8, 4) is 0 Å². The third kappa shape index (κ3) is 7.83. The third-order valence-corrected chi connectivity index (χ3v) is 3.06. The second-order valence-corrected chi connectivity index (χ2v) is 6.11. The molecule has 0 radical (unpaired) electrons. The molecule has 1 amide bonds. The highest BCUT2D eigenvalue weighted by Gasteiger charge is 2.10. The minimum absolute atomic E-state index is 0.0460. The summed E-state index contributed by atoms with van der Waals surface area (Å²) in [6.07, 6.45) is 0.491. The van der Waals surface area contributed by atoms with Crippen LogP contribution in [0, 0.1) is 0 Å². The lowest BCUT2D eigenvalue weighted by atomic mass is 10.1. The average Bonchev–Trinajstić information content (AvgIpc) is 2.42. The Morgan fingerprint density at radius 1 is 1.19 bits per heavy atom. The number of carbonyl (C=O) groups is 1. The first-order chi connectivity index (χ1) is 9.92. The lowest BCUT2D eigenvalue weighted by molar-refractivity contribution is -0.121. The summed E-state index contributed by atoms with van der Waals surface area (Å²) >= 11 is 0. The molecule has 0 unspecified atom stereocenters. The molecule has 2 N–H and O–H groups in total. The molecule has 4 heteroatoms. The van der Waals surface area contributed by atoms with Crippen LogP contribution in [0.3, 0.4) is 0 Å². The molecular weight excluding hydrogens is 264 g/mol. The van der Waals surface area contributed by atoms with E-state index < -0.39 is 0 Å². The molecule has 0 heterocycles. The molecular formula is C17H28N2O2. The van der Waals surface area contributed by atoms with Gasteiger partial charge in [0.15, 0.2) is 0 Å². The molecule has 1 aromatic rings. The number of carbonyl (C=O) groups excluding carboxylic acids is 1. The Balaban J connectivity index is 2.39. The number of hydrogen-bond donors (Lipinski definition) is 2. The van der Waals surface area contributed by atoms with Crippen LogP contribution < -0.4 is 10.6 Å². The third-order valence-electron chi connectivity index (χ3n) is 3.06. The summed E-state index contributed by atoms with van der Waals surface area (Å²) in [6.45, 7) is 10.8. The average molecular weight is 292 g/mol. The van der Waals surface area contributed by atoms with Crippen molar-refractivity contribution in [2.45, 2.75) is 52.8 Å². The SMILES string of the molecule is CCOCc1ccccc1CNC(=O)CCNC(C)(C)C. The zero-order valence-electron chi connectivity index (χ0n) is 13.7. The van der Waals surface area contributed by atoms with E-state index in [1.54, 1.807) is 0 Å². The van der Waals surface area contributed by atoms with Crippen molar-refractivity contribution in [3.05, 3.63) is 35.4 Å². The fourth-order valence-corrected chi connectivity index (χ4v) is 1.92. The van der Waals surface area contributed by atoms with Gasteiger partial charge in [-0.05, 0) is 38.8 Å². The summed E-state index contributed by atoms with van der Waals surface area (Å²) in [7, 11) is 0. The number of hydrogen-bond acceptors (Lipinski definition) is 3. The van der Waals surface area contributed by atoms with E-state index in [0.717, 1.165) is 11.1 Å². The molecule has 0 fully saturated rings. The van der Waals surface area contributed by atoms with Gasteiger partial charge >= 0.3 is 0 Å². The summed E-state index contributed by atoms with van der Waals surface area (Å²) in [5, 5.41) is 6.28. The Morgan fingerprint density at radius 3 is 2.48 bits per heavy atom. The Hall–Kier alpha value is -1.39. The van der Waals surface area contributed by atoms with Crippen LogP contribution in [0.15, 0.2) is 24.3 Å². The van der Waals surface area contributed by atoms with Crippen molar-refractivity contribution < 1.29 is 9.53 Å². The molecule has 21 heavy (non-hydrogen) atoms. The number of benzene rings is 1. The van der Waals surface area contributed by atoms with E-state index in [-0.39, 0.29) is 11.4 Å². The highest BCUT2D eigenvalue weighted by atomic mass is 16.5. The van der Waals surface area contributed by atoms with E-state index in [1.165, 1.54) is 0 Å². The minimum Gasteiger partial charge on any atom is -0.377 e. The van der Waals surface area contributed by atoms with E-state index >= 15 is 0 Å². The van der Waals surface area contributed by atoms with Crippen LogP contribution in [0.1, 0.15) is 45.2 Å². The molecule has 1 aromatic carbocycles. The Labute approximate surface area is 128 Å². The maximum atomic E-state index is 11.8. The van der Waals surface area contributed by atoms with E-state index in [0.29, 0.717) is 32.7 Å². The van der Waals surface area contributed by atoms with Gasteiger partial charge in [-0.2, -0.15) is 0 Å². The van der Waals surface area contributed by atoms with E-state index in [2.05, 4.69) is 31.4 Å². The monoisotopic (exact) mass is 292 g/mol. The molecule has 0 atom stereocenters. The molecule has 118 valence electrons. The fraction of sp³-hybridized carbons (Fsp3) is 0.588. The molecule has 1 rings (SSSR count). The summed E-state index contributed by atoms with van der Waals surface area (Å²) in [5.74, 6) is 0.0676. The first kappa shape index (κ1) is 17.7. The van der Waals surface area contributed by atoms with E-state index in [4.69, 9.17) is 4.74 Å². The smallest absolute Gasteiger partial charge is 0.221 e. The molecule has 0 bridgehead atoms. The second kappa shape index (κ2) is 8.80. The van der Waals surface area contributed by atoms with Crippen molar-refractivity contribution in [2.75, 3.05) is 13.2 Å². The van der Waals surface area contributed by atoms with Crippen LogP contribution in [-0.4, -0.2) is 24.6 Å². The Kier molecular flexibility index (Phi) is 7.40. The zero-order valence-corrected chi connectivity index (χ0v) is 13.7. The van der Waals surface area contributed by atoms with Gasteiger partial charge in [0.05, 0.1) is 6.61 Å². The van der Waals surface area contributed by atoms with Gasteiger partial charge < -0.3 is 15.4 Å². The maximum Gasteiger partial charge on any atom is 0.221 e. The van der Waals surface area contributed by atoms with Crippen LogP contribution in [0.5, 0.6) is 0 Å². The van der Waals surface area contributed by atoms with Crippen molar-refractivity contribution in [1.29, 1.82) is 0 Å². The minimum atomic E-state index is 0.0460. The summed E-state index contributed by atoms with van der Waals surface area (Å²) in [4.78, 5) is 11.8. The first-order valence-corrected chi connectivity index (χ1v) is 7.58. The van der Waals surface area contributed by atoms with Crippen LogP contribution in [0.25, 0.3) is 0 Å². The molecule has 0 aliphatic rings. The van der Waals surface area contributed by atoms with Crippen LogP contribution in [0.2, 0.25) is 0 Å². The van der Waals surface area contributed by atoms with Gasteiger partial charge in [0.25, 0.3) is 0 Å². The van der Waals surface area contributed by atoms with Gasteiger partial charge in [-0.3, -0.25) is 4.79 Å². The van der Waals surface area contributed by atoms with Gasteiger partial charge in [-0.1, -0.05) is 24.3 Å². The topological polar surface area (TPSA) is 50.4 Å². The number of ether oxygens (including phenoxy) is 1. The van der Waals surface area contributed by atoms with Crippen LogP contribution in [0.4, 0.5) is 0 Å². The van der Waals surface area contributed by atoms with E-state index in [1.807, 2.05) is 31.2 Å². The number of nitrogens with one attached hydrogen (secondary N) is 2. The van der Waals surface area contributed by atoms with Gasteiger partial charge in [-0.25, -0.2) is 0 Å². The summed E-state index contributed by atoms with van der Waals surface area (Å²) in [5.41, 5.74) is 2.29. The predicted octanol–water partition coefficient (Wildman–Crippen LogP) is 2.62. The molecule has 0 saturated heterocycles. The zero-order chi connectivity index (χ0) is 15.7. The lowest BCUT2D eigenvalue weighted by Crippen LogP contribution is -2.38. The van der Waals surface area contributed by atoms with Crippen molar-refractivity contribution in [2.24, 2.45) is 0 Å². The molecule has 0 spiro atoms. The molecule has 4 nitrogen and oxygen atoms in total.